The van der Waals surface area contributed by atoms with Crippen molar-refractivity contribution >= 4 is 39.5 Å². The second-order valence-electron chi connectivity index (χ2n) is 6.02. The van der Waals surface area contributed by atoms with Gasteiger partial charge in [0.1, 0.15) is 5.78 Å². The number of Topliss-reactive ketones (excluding diaryl/α,β-unsaturated/α-hetero) is 1. The lowest BCUT2D eigenvalue weighted by Crippen LogP contribution is -2.32. The van der Waals surface area contributed by atoms with Crippen molar-refractivity contribution in [2.45, 2.75) is 32.1 Å². The van der Waals surface area contributed by atoms with Gasteiger partial charge in [0, 0.05) is 25.9 Å². The number of imide groups is 1. The van der Waals surface area contributed by atoms with Gasteiger partial charge in [-0.05, 0) is 6.42 Å². The molecule has 10 nitrogen and oxygen atoms in total. The Labute approximate surface area is 178 Å². The Morgan fingerprint density at radius 1 is 0.759 bits per heavy atom. The van der Waals surface area contributed by atoms with Crippen molar-refractivity contribution in [3.05, 3.63) is 0 Å². The monoisotopic (exact) mass is 481 g/mol. The minimum absolute atomic E-state index is 0.0650. The second-order valence-corrected chi connectivity index (χ2v) is 6.58. The summed E-state index contributed by atoms with van der Waals surface area (Å²) in [5.41, 5.74) is 0. The van der Waals surface area contributed by atoms with E-state index in [0.29, 0.717) is 69.5 Å². The van der Waals surface area contributed by atoms with E-state index >= 15 is 0 Å². The van der Waals surface area contributed by atoms with E-state index in [2.05, 4.69) is 15.9 Å². The number of ketones is 1. The number of nitrogens with zero attached hydrogens (tertiary/aromatic N) is 1. The second kappa shape index (κ2) is 16.4. The fraction of sp³-hybridized carbons (Fsp3) is 0.778. The van der Waals surface area contributed by atoms with Gasteiger partial charge in [-0.15, -0.1) is 5.06 Å². The first-order chi connectivity index (χ1) is 14.0. The molecule has 0 radical (unpaired) electrons. The SMILES string of the molecule is O=C(CBr)CCCOCCOCCOCCOCCC(=O)ON1C(=O)CCC1=O. The van der Waals surface area contributed by atoms with Crippen LogP contribution in [0.1, 0.15) is 32.1 Å². The van der Waals surface area contributed by atoms with Crippen LogP contribution in [0, 0.1) is 0 Å². The van der Waals surface area contributed by atoms with Gasteiger partial charge in [-0.3, -0.25) is 14.4 Å². The highest BCUT2D eigenvalue weighted by atomic mass is 79.9. The number of hydrogen-bond acceptors (Lipinski definition) is 9. The number of amides is 2. The third kappa shape index (κ3) is 12.7. The lowest BCUT2D eigenvalue weighted by Gasteiger charge is -2.12. The number of hydroxylamine groups is 2. The zero-order valence-corrected chi connectivity index (χ0v) is 18.0. The van der Waals surface area contributed by atoms with Gasteiger partial charge in [-0.1, -0.05) is 15.9 Å². The molecule has 1 aliphatic rings. The van der Waals surface area contributed by atoms with E-state index in [4.69, 9.17) is 23.8 Å². The summed E-state index contributed by atoms with van der Waals surface area (Å²) in [4.78, 5) is 49.9. The fourth-order valence-electron chi connectivity index (χ4n) is 2.16. The molecule has 0 saturated carbocycles. The molecule has 0 aliphatic carbocycles. The van der Waals surface area contributed by atoms with Gasteiger partial charge in [0.15, 0.2) is 0 Å². The maximum absolute atomic E-state index is 11.5. The summed E-state index contributed by atoms with van der Waals surface area (Å²) >= 11 is 3.11. The Morgan fingerprint density at radius 3 is 1.76 bits per heavy atom. The summed E-state index contributed by atoms with van der Waals surface area (Å²) in [5, 5.41) is 0.902. The number of rotatable bonds is 18. The lowest BCUT2D eigenvalue weighted by atomic mass is 10.2. The van der Waals surface area contributed by atoms with Crippen molar-refractivity contribution in [1.29, 1.82) is 0 Å². The molecule has 2 amide bonds. The first-order valence-electron chi connectivity index (χ1n) is 9.49. The smallest absolute Gasteiger partial charge is 0.335 e. The molecule has 1 heterocycles. The molecule has 1 aliphatic heterocycles. The van der Waals surface area contributed by atoms with Crippen molar-refractivity contribution in [2.24, 2.45) is 0 Å². The Bertz CT molecular complexity index is 513. The van der Waals surface area contributed by atoms with E-state index in [1.807, 2.05) is 0 Å². The Morgan fingerprint density at radius 2 is 1.24 bits per heavy atom. The summed E-state index contributed by atoms with van der Waals surface area (Å²) in [6.07, 6.45) is 1.29. The van der Waals surface area contributed by atoms with Crippen molar-refractivity contribution in [3.8, 4) is 0 Å². The molecule has 0 aromatic heterocycles. The van der Waals surface area contributed by atoms with Crippen molar-refractivity contribution in [3.63, 3.8) is 0 Å². The van der Waals surface area contributed by atoms with Crippen molar-refractivity contribution in [2.75, 3.05) is 58.2 Å². The highest BCUT2D eigenvalue weighted by Crippen LogP contribution is 2.12. The van der Waals surface area contributed by atoms with Crippen LogP contribution < -0.4 is 0 Å². The molecule has 0 aromatic rings. The third-order valence-corrected chi connectivity index (χ3v) is 4.28. The van der Waals surface area contributed by atoms with Crippen molar-refractivity contribution in [1.82, 2.24) is 5.06 Å². The van der Waals surface area contributed by atoms with E-state index in [0.717, 1.165) is 0 Å². The molecule has 1 rings (SSSR count). The van der Waals surface area contributed by atoms with Crippen LogP contribution in [0.2, 0.25) is 0 Å². The zero-order valence-electron chi connectivity index (χ0n) is 16.4. The average Bonchev–Trinajstić information content (AvgIpc) is 3.02. The predicted molar refractivity (Wildman–Crippen MR) is 103 cm³/mol. The highest BCUT2D eigenvalue weighted by Gasteiger charge is 2.32. The van der Waals surface area contributed by atoms with Gasteiger partial charge >= 0.3 is 5.97 Å². The summed E-state index contributed by atoms with van der Waals surface area (Å²) in [6, 6.07) is 0. The van der Waals surface area contributed by atoms with Gasteiger partial charge in [-0.2, -0.15) is 0 Å². The normalized spacial score (nSPS) is 13.9. The number of hydrogen-bond donors (Lipinski definition) is 0. The van der Waals surface area contributed by atoms with Gasteiger partial charge in [0.25, 0.3) is 11.8 Å². The topological polar surface area (TPSA) is 118 Å². The maximum Gasteiger partial charge on any atom is 0.335 e. The van der Waals surface area contributed by atoms with E-state index in [1.165, 1.54) is 0 Å². The largest absolute Gasteiger partial charge is 0.379 e. The molecule has 0 bridgehead atoms. The standard InChI is InChI=1S/C18H28BrNO9/c19-14-15(21)2-1-6-25-8-10-27-12-13-28-11-9-26-7-5-18(24)29-20-16(22)3-4-17(20)23/h1-14H2. The molecule has 29 heavy (non-hydrogen) atoms. The van der Waals surface area contributed by atoms with Crippen LogP contribution in [0.15, 0.2) is 0 Å². The number of halogens is 1. The van der Waals surface area contributed by atoms with Crippen molar-refractivity contribution < 1.29 is 43.0 Å². The molecule has 0 atom stereocenters. The molecule has 1 saturated heterocycles. The van der Waals surface area contributed by atoms with E-state index in [1.54, 1.807) is 0 Å². The average molecular weight is 482 g/mol. The van der Waals surface area contributed by atoms with Gasteiger partial charge < -0.3 is 23.8 Å². The molecule has 0 spiro atoms. The summed E-state index contributed by atoms with van der Waals surface area (Å²) in [6.45, 7) is 3.04. The van der Waals surface area contributed by atoms with E-state index in [-0.39, 0.29) is 31.7 Å². The molecule has 0 aromatic carbocycles. The van der Waals surface area contributed by atoms with Crippen LogP contribution in [-0.2, 0) is 43.0 Å². The number of alkyl halides is 1. The molecular formula is C18H28BrNO9. The Kier molecular flexibility index (Phi) is 14.5. The molecule has 11 heteroatoms. The van der Waals surface area contributed by atoms with Crippen LogP contribution in [0.3, 0.4) is 0 Å². The van der Waals surface area contributed by atoms with Crippen LogP contribution in [0.25, 0.3) is 0 Å². The molecule has 0 unspecified atom stereocenters. The third-order valence-electron chi connectivity index (χ3n) is 3.66. The number of carbonyl (C=O) groups excluding carboxylic acids is 4. The minimum Gasteiger partial charge on any atom is -0.379 e. The predicted octanol–water partition coefficient (Wildman–Crippen LogP) is 0.794. The highest BCUT2D eigenvalue weighted by molar-refractivity contribution is 9.09. The maximum atomic E-state index is 11.5. The summed E-state index contributed by atoms with van der Waals surface area (Å²) < 4.78 is 21.2. The minimum atomic E-state index is -0.695. The van der Waals surface area contributed by atoms with E-state index < -0.39 is 17.8 Å². The van der Waals surface area contributed by atoms with Crippen LogP contribution in [-0.4, -0.2) is 86.8 Å². The summed E-state index contributed by atoms with van der Waals surface area (Å²) in [5.74, 6) is -1.54. The number of carbonyl (C=O) groups is 4. The first kappa shape index (κ1) is 25.6. The first-order valence-corrected chi connectivity index (χ1v) is 10.6. The number of ether oxygens (including phenoxy) is 4. The van der Waals surface area contributed by atoms with E-state index in [9.17, 15) is 19.2 Å². The lowest BCUT2D eigenvalue weighted by molar-refractivity contribution is -0.198. The van der Waals surface area contributed by atoms with Crippen LogP contribution in [0.4, 0.5) is 0 Å². The molecule has 0 N–H and O–H groups in total. The fourth-order valence-corrected chi connectivity index (χ4v) is 2.44. The molecule has 166 valence electrons. The molecular weight excluding hydrogens is 454 g/mol. The Hall–Kier alpha value is -1.40. The summed E-state index contributed by atoms with van der Waals surface area (Å²) in [7, 11) is 0. The Balaban J connectivity index is 1.80. The molecule has 1 fully saturated rings. The van der Waals surface area contributed by atoms with Gasteiger partial charge in [0.05, 0.1) is 58.0 Å². The van der Waals surface area contributed by atoms with Gasteiger partial charge in [-0.25, -0.2) is 4.79 Å². The zero-order chi connectivity index (χ0) is 21.3. The van der Waals surface area contributed by atoms with Crippen LogP contribution in [0.5, 0.6) is 0 Å². The van der Waals surface area contributed by atoms with Gasteiger partial charge in [0.2, 0.25) is 0 Å². The van der Waals surface area contributed by atoms with Crippen LogP contribution >= 0.6 is 15.9 Å². The quantitative estimate of drug-likeness (QED) is 0.159.